The molecule has 4 rings (SSSR count). The number of benzene rings is 1. The van der Waals surface area contributed by atoms with Gasteiger partial charge in [0.1, 0.15) is 6.54 Å². The van der Waals surface area contributed by atoms with Crippen molar-refractivity contribution in [2.24, 2.45) is 5.92 Å². The van der Waals surface area contributed by atoms with E-state index >= 15 is 0 Å². The standard InChI is InChI=1S/C20H21N5O2S2/c26-17(13-25-18(22-23-20(25)28)16-9-5-11-29-16)24-10-4-6-14(12-24)19(27)21-15-7-2-1-3-8-15/h1-3,5,7-9,11,14H,4,6,10,12-13H2,(H,21,27)(H,23,28). The molecule has 2 N–H and O–H groups in total. The molecule has 2 aromatic heterocycles. The van der Waals surface area contributed by atoms with Gasteiger partial charge in [0.05, 0.1) is 10.8 Å². The zero-order valence-corrected chi connectivity index (χ0v) is 17.3. The highest BCUT2D eigenvalue weighted by Crippen LogP contribution is 2.24. The van der Waals surface area contributed by atoms with Crippen molar-refractivity contribution in [3.63, 3.8) is 0 Å². The molecule has 0 aliphatic carbocycles. The van der Waals surface area contributed by atoms with Crippen molar-refractivity contribution in [3.05, 3.63) is 52.6 Å². The molecule has 0 saturated carbocycles. The van der Waals surface area contributed by atoms with E-state index in [-0.39, 0.29) is 24.3 Å². The van der Waals surface area contributed by atoms with Gasteiger partial charge in [-0.3, -0.25) is 19.3 Å². The molecule has 1 saturated heterocycles. The van der Waals surface area contributed by atoms with E-state index in [2.05, 4.69) is 15.5 Å². The van der Waals surface area contributed by atoms with E-state index in [1.54, 1.807) is 20.8 Å². The van der Waals surface area contributed by atoms with Crippen molar-refractivity contribution in [2.45, 2.75) is 19.4 Å². The molecule has 1 aromatic carbocycles. The molecule has 0 bridgehead atoms. The fourth-order valence-electron chi connectivity index (χ4n) is 3.48. The molecule has 3 aromatic rings. The third-order valence-electron chi connectivity index (χ3n) is 4.98. The van der Waals surface area contributed by atoms with Crippen LogP contribution in [0.2, 0.25) is 0 Å². The van der Waals surface area contributed by atoms with E-state index in [1.807, 2.05) is 47.8 Å². The van der Waals surface area contributed by atoms with Crippen LogP contribution < -0.4 is 5.32 Å². The van der Waals surface area contributed by atoms with Gasteiger partial charge in [-0.05, 0) is 48.6 Å². The van der Waals surface area contributed by atoms with E-state index in [0.717, 1.165) is 23.4 Å². The van der Waals surface area contributed by atoms with Crippen LogP contribution in [-0.4, -0.2) is 44.6 Å². The average molecular weight is 428 g/mol. The van der Waals surface area contributed by atoms with Crippen LogP contribution in [0.15, 0.2) is 47.8 Å². The van der Waals surface area contributed by atoms with E-state index in [4.69, 9.17) is 12.2 Å². The minimum atomic E-state index is -0.220. The molecule has 1 unspecified atom stereocenters. The third-order valence-corrected chi connectivity index (χ3v) is 6.16. The quantitative estimate of drug-likeness (QED) is 0.610. The smallest absolute Gasteiger partial charge is 0.242 e. The second-order valence-electron chi connectivity index (χ2n) is 6.95. The lowest BCUT2D eigenvalue weighted by Crippen LogP contribution is -2.45. The van der Waals surface area contributed by atoms with Gasteiger partial charge >= 0.3 is 0 Å². The normalized spacial score (nSPS) is 16.6. The average Bonchev–Trinajstić information content (AvgIpc) is 3.39. The highest BCUT2D eigenvalue weighted by atomic mass is 32.1. The summed E-state index contributed by atoms with van der Waals surface area (Å²) in [5.74, 6) is 0.334. The monoisotopic (exact) mass is 427 g/mol. The SMILES string of the molecule is O=C(Nc1ccccc1)C1CCCN(C(=O)Cn2c(-c3cccs3)n[nH]c2=S)C1. The number of hydrogen-bond acceptors (Lipinski definition) is 5. The number of aromatic nitrogens is 3. The van der Waals surface area contributed by atoms with Crippen molar-refractivity contribution in [1.82, 2.24) is 19.7 Å². The zero-order valence-electron chi connectivity index (χ0n) is 15.7. The second kappa shape index (κ2) is 8.71. The Morgan fingerprint density at radius 2 is 2.07 bits per heavy atom. The molecule has 150 valence electrons. The molecule has 1 aliphatic rings. The lowest BCUT2D eigenvalue weighted by Gasteiger charge is -2.32. The summed E-state index contributed by atoms with van der Waals surface area (Å²) in [6, 6.07) is 13.3. The largest absolute Gasteiger partial charge is 0.340 e. The fourth-order valence-corrected chi connectivity index (χ4v) is 4.40. The van der Waals surface area contributed by atoms with Gasteiger partial charge in [0.2, 0.25) is 11.8 Å². The highest BCUT2D eigenvalue weighted by molar-refractivity contribution is 7.71. The van der Waals surface area contributed by atoms with Gasteiger partial charge < -0.3 is 10.2 Å². The van der Waals surface area contributed by atoms with E-state index in [0.29, 0.717) is 23.7 Å². The van der Waals surface area contributed by atoms with Crippen molar-refractivity contribution >= 4 is 41.1 Å². The van der Waals surface area contributed by atoms with Crippen LogP contribution in [0.5, 0.6) is 0 Å². The first-order valence-electron chi connectivity index (χ1n) is 9.44. The molecular formula is C20H21N5O2S2. The number of carbonyl (C=O) groups excluding carboxylic acids is 2. The lowest BCUT2D eigenvalue weighted by molar-refractivity contribution is -0.135. The maximum Gasteiger partial charge on any atom is 0.242 e. The van der Waals surface area contributed by atoms with Crippen LogP contribution in [0, 0.1) is 10.7 Å². The number of hydrogen-bond donors (Lipinski definition) is 2. The summed E-state index contributed by atoms with van der Waals surface area (Å²) >= 11 is 6.86. The summed E-state index contributed by atoms with van der Waals surface area (Å²) in [6.45, 7) is 1.17. The molecule has 3 heterocycles. The van der Waals surface area contributed by atoms with Gasteiger partial charge in [-0.2, -0.15) is 5.10 Å². The molecule has 0 spiro atoms. The molecule has 9 heteroatoms. The number of H-pyrrole nitrogens is 1. The maximum atomic E-state index is 13.0. The molecule has 1 fully saturated rings. The van der Waals surface area contributed by atoms with Gasteiger partial charge in [0.25, 0.3) is 0 Å². The number of nitrogens with zero attached hydrogens (tertiary/aromatic N) is 3. The molecule has 1 aliphatic heterocycles. The summed E-state index contributed by atoms with van der Waals surface area (Å²) in [6.07, 6.45) is 1.57. The van der Waals surface area contributed by atoms with Crippen molar-refractivity contribution in [2.75, 3.05) is 18.4 Å². The summed E-state index contributed by atoms with van der Waals surface area (Å²) in [5, 5.41) is 11.9. The molecule has 7 nitrogen and oxygen atoms in total. The van der Waals surface area contributed by atoms with Crippen LogP contribution in [-0.2, 0) is 16.1 Å². The predicted octanol–water partition coefficient (Wildman–Crippen LogP) is 3.55. The summed E-state index contributed by atoms with van der Waals surface area (Å²) in [7, 11) is 0. The highest BCUT2D eigenvalue weighted by Gasteiger charge is 2.29. The Labute approximate surface area is 177 Å². The number of anilines is 1. The van der Waals surface area contributed by atoms with E-state index < -0.39 is 0 Å². The summed E-state index contributed by atoms with van der Waals surface area (Å²) in [4.78, 5) is 28.3. The van der Waals surface area contributed by atoms with E-state index in [1.165, 1.54) is 0 Å². The number of piperidine rings is 1. The molecule has 0 radical (unpaired) electrons. The third kappa shape index (κ3) is 4.46. The van der Waals surface area contributed by atoms with Gasteiger partial charge in [-0.25, -0.2) is 0 Å². The predicted molar refractivity (Wildman–Crippen MR) is 115 cm³/mol. The molecule has 1 atom stereocenters. The Morgan fingerprint density at radius 1 is 1.24 bits per heavy atom. The number of aromatic amines is 1. The van der Waals surface area contributed by atoms with Crippen molar-refractivity contribution in [3.8, 4) is 10.7 Å². The van der Waals surface area contributed by atoms with Crippen LogP contribution in [0.3, 0.4) is 0 Å². The van der Waals surface area contributed by atoms with Crippen LogP contribution in [0.4, 0.5) is 5.69 Å². The number of nitrogens with one attached hydrogen (secondary N) is 2. The number of thiophene rings is 1. The molecule has 2 amide bonds. The maximum absolute atomic E-state index is 13.0. The Balaban J connectivity index is 1.43. The van der Waals surface area contributed by atoms with Gasteiger partial charge in [0.15, 0.2) is 10.6 Å². The summed E-state index contributed by atoms with van der Waals surface area (Å²) < 4.78 is 2.13. The van der Waals surface area contributed by atoms with Crippen LogP contribution in [0.1, 0.15) is 12.8 Å². The van der Waals surface area contributed by atoms with Crippen molar-refractivity contribution < 1.29 is 9.59 Å². The summed E-state index contributed by atoms with van der Waals surface area (Å²) in [5.41, 5.74) is 0.770. The zero-order chi connectivity index (χ0) is 20.2. The first kappa shape index (κ1) is 19.5. The fraction of sp³-hybridized carbons (Fsp3) is 0.300. The number of rotatable bonds is 5. The van der Waals surface area contributed by atoms with Crippen LogP contribution >= 0.6 is 23.6 Å². The van der Waals surface area contributed by atoms with Gasteiger partial charge in [-0.1, -0.05) is 24.3 Å². The number of likely N-dealkylation sites (tertiary alicyclic amines) is 1. The van der Waals surface area contributed by atoms with Crippen LogP contribution in [0.25, 0.3) is 10.7 Å². The lowest BCUT2D eigenvalue weighted by atomic mass is 9.97. The first-order valence-corrected chi connectivity index (χ1v) is 10.7. The topological polar surface area (TPSA) is 83.0 Å². The van der Waals surface area contributed by atoms with Crippen molar-refractivity contribution in [1.29, 1.82) is 0 Å². The Hall–Kier alpha value is -2.78. The minimum Gasteiger partial charge on any atom is -0.340 e. The number of para-hydroxylation sites is 1. The Bertz CT molecular complexity index is 1040. The Morgan fingerprint density at radius 3 is 2.83 bits per heavy atom. The molecule has 29 heavy (non-hydrogen) atoms. The first-order chi connectivity index (χ1) is 14.1. The molecular weight excluding hydrogens is 406 g/mol. The second-order valence-corrected chi connectivity index (χ2v) is 8.28. The van der Waals surface area contributed by atoms with Gasteiger partial charge in [0, 0.05) is 18.8 Å². The van der Waals surface area contributed by atoms with E-state index in [9.17, 15) is 9.59 Å². The van der Waals surface area contributed by atoms with Gasteiger partial charge in [-0.15, -0.1) is 11.3 Å². The Kier molecular flexibility index (Phi) is 5.86. The minimum absolute atomic E-state index is 0.0482. The number of amides is 2. The number of carbonyl (C=O) groups is 2.